The molecule has 0 aromatic heterocycles. The lowest BCUT2D eigenvalue weighted by Gasteiger charge is -2.38. The van der Waals surface area contributed by atoms with Crippen LogP contribution in [0.5, 0.6) is 5.75 Å². The Labute approximate surface area is 212 Å². The maximum Gasteiger partial charge on any atom is 0.305 e. The van der Waals surface area contributed by atoms with Crippen molar-refractivity contribution < 1.29 is 28.5 Å². The number of unbranched alkanes of at least 4 members (excludes halogenated alkanes) is 1. The molecule has 0 spiro atoms. The number of hydrogen-bond donors (Lipinski definition) is 1. The van der Waals surface area contributed by atoms with Gasteiger partial charge in [0.05, 0.1) is 19.8 Å². The SMILES string of the molecule is COC(=O)CCC/C=C\C[C@H]1[C@H](/C=C/[C@@H](O)COc2ccccc2)[C@@H]2C[C@@]1(c1ccc(F)cc1)CO2. The number of carbonyl (C=O) groups is 1. The molecule has 5 atom stereocenters. The van der Waals surface area contributed by atoms with E-state index >= 15 is 0 Å². The van der Waals surface area contributed by atoms with Crippen molar-refractivity contribution in [2.45, 2.75) is 49.7 Å². The minimum Gasteiger partial charge on any atom is -0.491 e. The molecule has 6 heteroatoms. The van der Waals surface area contributed by atoms with Gasteiger partial charge in [0.1, 0.15) is 24.3 Å². The van der Waals surface area contributed by atoms with Gasteiger partial charge in [0.15, 0.2) is 0 Å². The molecule has 0 unspecified atom stereocenters. The molecule has 1 saturated carbocycles. The Morgan fingerprint density at radius 3 is 2.72 bits per heavy atom. The average Bonchev–Trinajstić information content (AvgIpc) is 3.47. The Balaban J connectivity index is 1.45. The number of aliphatic hydroxyl groups excluding tert-OH is 1. The van der Waals surface area contributed by atoms with Gasteiger partial charge in [-0.3, -0.25) is 4.79 Å². The van der Waals surface area contributed by atoms with Crippen LogP contribution in [0.4, 0.5) is 4.39 Å². The van der Waals surface area contributed by atoms with Crippen molar-refractivity contribution >= 4 is 5.97 Å². The summed E-state index contributed by atoms with van der Waals surface area (Å²) in [6, 6.07) is 16.2. The zero-order valence-electron chi connectivity index (χ0n) is 20.7. The van der Waals surface area contributed by atoms with Gasteiger partial charge in [-0.05, 0) is 61.4 Å². The van der Waals surface area contributed by atoms with Crippen LogP contribution in [0.15, 0.2) is 78.9 Å². The molecule has 1 aliphatic heterocycles. The lowest BCUT2D eigenvalue weighted by molar-refractivity contribution is -0.140. The van der Waals surface area contributed by atoms with Crippen molar-refractivity contribution in [2.24, 2.45) is 11.8 Å². The maximum absolute atomic E-state index is 13.7. The first-order valence-electron chi connectivity index (χ1n) is 12.7. The summed E-state index contributed by atoms with van der Waals surface area (Å²) in [4.78, 5) is 11.3. The zero-order chi connectivity index (χ0) is 25.4. The minimum atomic E-state index is -0.736. The molecule has 2 fully saturated rings. The lowest BCUT2D eigenvalue weighted by Crippen LogP contribution is -2.39. The van der Waals surface area contributed by atoms with E-state index in [2.05, 4.69) is 18.2 Å². The van der Waals surface area contributed by atoms with Gasteiger partial charge >= 0.3 is 5.97 Å². The molecule has 4 rings (SSSR count). The number of halogens is 1. The van der Waals surface area contributed by atoms with E-state index in [-0.39, 0.29) is 41.7 Å². The summed E-state index contributed by atoms with van der Waals surface area (Å²) < 4.78 is 30.3. The molecule has 192 valence electrons. The first kappa shape index (κ1) is 26.1. The van der Waals surface area contributed by atoms with E-state index < -0.39 is 6.10 Å². The van der Waals surface area contributed by atoms with Crippen molar-refractivity contribution in [3.05, 3.63) is 90.3 Å². The van der Waals surface area contributed by atoms with Gasteiger partial charge in [-0.15, -0.1) is 0 Å². The lowest BCUT2D eigenvalue weighted by atomic mass is 9.69. The largest absolute Gasteiger partial charge is 0.491 e. The molecule has 1 saturated heterocycles. The van der Waals surface area contributed by atoms with E-state index in [9.17, 15) is 14.3 Å². The number of allylic oxidation sites excluding steroid dienone is 2. The zero-order valence-corrected chi connectivity index (χ0v) is 20.7. The van der Waals surface area contributed by atoms with Crippen LogP contribution in [-0.4, -0.2) is 43.6 Å². The van der Waals surface area contributed by atoms with Crippen LogP contribution >= 0.6 is 0 Å². The molecule has 2 aromatic carbocycles. The molecule has 0 radical (unpaired) electrons. The number of benzene rings is 2. The highest BCUT2D eigenvalue weighted by molar-refractivity contribution is 5.69. The number of rotatable bonds is 12. The van der Waals surface area contributed by atoms with Crippen LogP contribution in [0.2, 0.25) is 0 Å². The molecular formula is C30H35FO5. The topological polar surface area (TPSA) is 65.0 Å². The van der Waals surface area contributed by atoms with Crippen molar-refractivity contribution in [3.63, 3.8) is 0 Å². The second-order valence-electron chi connectivity index (χ2n) is 9.65. The van der Waals surface area contributed by atoms with Crippen LogP contribution in [0.25, 0.3) is 0 Å². The van der Waals surface area contributed by atoms with E-state index in [0.29, 0.717) is 13.0 Å². The van der Waals surface area contributed by atoms with Gasteiger partial charge in [-0.25, -0.2) is 4.39 Å². The normalized spacial score (nSPS) is 26.0. The molecule has 1 aliphatic carbocycles. The number of esters is 1. The second-order valence-corrected chi connectivity index (χ2v) is 9.65. The van der Waals surface area contributed by atoms with Gasteiger partial charge < -0.3 is 19.3 Å². The third-order valence-corrected chi connectivity index (χ3v) is 7.40. The number of aliphatic hydroxyl groups is 1. The van der Waals surface area contributed by atoms with E-state index in [4.69, 9.17) is 14.2 Å². The Morgan fingerprint density at radius 2 is 1.97 bits per heavy atom. The van der Waals surface area contributed by atoms with Crippen molar-refractivity contribution in [3.8, 4) is 5.75 Å². The Morgan fingerprint density at radius 1 is 1.19 bits per heavy atom. The molecular weight excluding hydrogens is 459 g/mol. The summed E-state index contributed by atoms with van der Waals surface area (Å²) in [7, 11) is 1.41. The quantitative estimate of drug-likeness (QED) is 0.244. The number of carbonyl (C=O) groups excluding carboxylic acids is 1. The highest BCUT2D eigenvalue weighted by Crippen LogP contribution is 2.57. The highest BCUT2D eigenvalue weighted by atomic mass is 19.1. The molecule has 5 nitrogen and oxygen atoms in total. The fourth-order valence-corrected chi connectivity index (χ4v) is 5.54. The van der Waals surface area contributed by atoms with Crippen LogP contribution < -0.4 is 4.74 Å². The van der Waals surface area contributed by atoms with Gasteiger partial charge in [-0.2, -0.15) is 0 Å². The summed E-state index contributed by atoms with van der Waals surface area (Å²) in [6.07, 6.45) is 11.2. The van der Waals surface area contributed by atoms with Crippen molar-refractivity contribution in [1.29, 1.82) is 0 Å². The first-order valence-corrected chi connectivity index (χ1v) is 12.7. The summed E-state index contributed by atoms with van der Waals surface area (Å²) >= 11 is 0. The van der Waals surface area contributed by atoms with Gasteiger partial charge in [0.25, 0.3) is 0 Å². The maximum atomic E-state index is 13.7. The smallest absolute Gasteiger partial charge is 0.305 e. The second kappa shape index (κ2) is 12.3. The van der Waals surface area contributed by atoms with Crippen LogP contribution in [0.1, 0.15) is 37.7 Å². The molecule has 2 aromatic rings. The van der Waals surface area contributed by atoms with E-state index in [1.165, 1.54) is 19.2 Å². The average molecular weight is 495 g/mol. The molecule has 36 heavy (non-hydrogen) atoms. The van der Waals surface area contributed by atoms with Gasteiger partial charge in [0, 0.05) is 17.8 Å². The Kier molecular flexibility index (Phi) is 8.94. The Hall–Kier alpha value is -2.96. The fraction of sp³-hybridized carbons (Fsp3) is 0.433. The molecule has 0 amide bonds. The summed E-state index contributed by atoms with van der Waals surface area (Å²) in [5.41, 5.74) is 0.897. The third-order valence-electron chi connectivity index (χ3n) is 7.40. The van der Waals surface area contributed by atoms with E-state index in [0.717, 1.165) is 37.0 Å². The fourth-order valence-electron chi connectivity index (χ4n) is 5.54. The standard InChI is InChI=1S/C30H35FO5/c1-34-29(33)12-8-3-2-7-11-27-26(18-17-24(32)20-35-25-9-5-4-6-10-25)28-19-30(27,21-36-28)22-13-15-23(31)16-14-22/h2,4-7,9-10,13-18,24,26-28,32H,3,8,11-12,19-21H2,1H3/b7-2-,18-17+/t24-,26+,27+,28+,30+/m1/s1. The molecule has 1 heterocycles. The van der Waals surface area contributed by atoms with Gasteiger partial charge in [0.2, 0.25) is 0 Å². The van der Waals surface area contributed by atoms with Gasteiger partial charge in [-0.1, -0.05) is 54.6 Å². The number of ether oxygens (including phenoxy) is 3. The highest BCUT2D eigenvalue weighted by Gasteiger charge is 2.58. The summed E-state index contributed by atoms with van der Waals surface area (Å²) in [6.45, 7) is 0.779. The van der Waals surface area contributed by atoms with Crippen molar-refractivity contribution in [2.75, 3.05) is 20.3 Å². The predicted octanol–water partition coefficient (Wildman–Crippen LogP) is 5.38. The number of methoxy groups -OCH3 is 1. The summed E-state index contributed by atoms with van der Waals surface area (Å²) in [5.74, 6) is 0.651. The minimum absolute atomic E-state index is 0.0475. The Bertz CT molecular complexity index is 1040. The van der Waals surface area contributed by atoms with E-state index in [1.807, 2.05) is 48.5 Å². The number of fused-ring (bicyclic) bond motifs is 2. The molecule has 1 N–H and O–H groups in total. The number of hydrogen-bond acceptors (Lipinski definition) is 5. The summed E-state index contributed by atoms with van der Waals surface area (Å²) in [5, 5.41) is 10.5. The van der Waals surface area contributed by atoms with E-state index in [1.54, 1.807) is 0 Å². The van der Waals surface area contributed by atoms with Crippen LogP contribution in [0.3, 0.4) is 0 Å². The van der Waals surface area contributed by atoms with Crippen LogP contribution in [0, 0.1) is 17.7 Å². The molecule has 2 aliphatic rings. The molecule has 2 bridgehead atoms. The first-order chi connectivity index (χ1) is 17.5. The predicted molar refractivity (Wildman–Crippen MR) is 136 cm³/mol. The number of para-hydroxylation sites is 1. The van der Waals surface area contributed by atoms with Crippen molar-refractivity contribution in [1.82, 2.24) is 0 Å². The third kappa shape index (κ3) is 6.23. The van der Waals surface area contributed by atoms with Crippen LogP contribution in [-0.2, 0) is 19.7 Å². The monoisotopic (exact) mass is 494 g/mol.